The molecule has 2 fully saturated rings. The average Bonchev–Trinajstić information content (AvgIpc) is 3.06. The molecule has 2 saturated heterocycles. The number of aromatic nitrogens is 2. The number of hydrogen-bond acceptors (Lipinski definition) is 6. The Hall–Kier alpha value is -1.01. The minimum atomic E-state index is 0.593. The van der Waals surface area contributed by atoms with Gasteiger partial charge in [0, 0.05) is 31.0 Å². The van der Waals surface area contributed by atoms with E-state index in [1.54, 1.807) is 11.8 Å². The highest BCUT2D eigenvalue weighted by Gasteiger charge is 2.29. The predicted molar refractivity (Wildman–Crippen MR) is 98.1 cm³/mol. The molecule has 23 heavy (non-hydrogen) atoms. The quantitative estimate of drug-likeness (QED) is 0.490. The molecule has 5 nitrogen and oxygen atoms in total. The van der Waals surface area contributed by atoms with Gasteiger partial charge < -0.3 is 10.6 Å². The third kappa shape index (κ3) is 4.51. The predicted octanol–water partition coefficient (Wildman–Crippen LogP) is 3.02. The van der Waals surface area contributed by atoms with Gasteiger partial charge in [-0.3, -0.25) is 4.90 Å². The van der Waals surface area contributed by atoms with Gasteiger partial charge in [-0.25, -0.2) is 9.97 Å². The lowest BCUT2D eigenvalue weighted by Crippen LogP contribution is -2.41. The fourth-order valence-electron chi connectivity index (χ4n) is 3.50. The maximum atomic E-state index is 6.01. The Morgan fingerprint density at radius 3 is 2.83 bits per heavy atom. The summed E-state index contributed by atoms with van der Waals surface area (Å²) in [7, 11) is 0. The first kappa shape index (κ1) is 16.8. The second-order valence-electron chi connectivity index (χ2n) is 6.62. The van der Waals surface area contributed by atoms with Gasteiger partial charge in [0.15, 0.2) is 5.16 Å². The summed E-state index contributed by atoms with van der Waals surface area (Å²) in [5.41, 5.74) is 6.01. The van der Waals surface area contributed by atoms with Crippen LogP contribution in [0.2, 0.25) is 0 Å². The van der Waals surface area contributed by atoms with Crippen molar-refractivity contribution < 1.29 is 0 Å². The summed E-state index contributed by atoms with van der Waals surface area (Å²) in [6.07, 6.45) is 7.74. The number of unbranched alkanes of at least 4 members (excludes halogenated alkanes) is 1. The van der Waals surface area contributed by atoms with Crippen LogP contribution >= 0.6 is 11.8 Å². The van der Waals surface area contributed by atoms with Crippen LogP contribution in [0.5, 0.6) is 0 Å². The molecule has 2 aliphatic rings. The molecule has 0 radical (unpaired) electrons. The maximum Gasteiger partial charge on any atom is 0.191 e. The molecule has 1 atom stereocenters. The highest BCUT2D eigenvalue weighted by molar-refractivity contribution is 7.99. The Kier molecular flexibility index (Phi) is 6.00. The van der Waals surface area contributed by atoms with Crippen LogP contribution in [-0.2, 0) is 0 Å². The Labute approximate surface area is 144 Å². The second kappa shape index (κ2) is 8.20. The van der Waals surface area contributed by atoms with Crippen LogP contribution in [0.4, 0.5) is 11.6 Å². The Morgan fingerprint density at radius 1 is 1.22 bits per heavy atom. The van der Waals surface area contributed by atoms with Crippen molar-refractivity contribution in [3.05, 3.63) is 6.07 Å². The van der Waals surface area contributed by atoms with E-state index in [4.69, 9.17) is 10.7 Å². The van der Waals surface area contributed by atoms with Crippen molar-refractivity contribution in [1.29, 1.82) is 0 Å². The number of nitrogens with two attached hydrogens (primary N) is 1. The van der Waals surface area contributed by atoms with Crippen LogP contribution in [0, 0.1) is 0 Å². The van der Waals surface area contributed by atoms with Gasteiger partial charge in [-0.15, -0.1) is 0 Å². The van der Waals surface area contributed by atoms with Crippen molar-refractivity contribution in [3.63, 3.8) is 0 Å². The maximum absolute atomic E-state index is 6.01. The van der Waals surface area contributed by atoms with Gasteiger partial charge in [0.25, 0.3) is 0 Å². The number of nitrogens with zero attached hydrogens (tertiary/aromatic N) is 4. The Bertz CT molecular complexity index is 504. The highest BCUT2D eigenvalue weighted by atomic mass is 32.2. The van der Waals surface area contributed by atoms with E-state index in [1.807, 2.05) is 6.07 Å². The number of piperidine rings is 1. The zero-order chi connectivity index (χ0) is 16.1. The SMILES string of the molecule is CCCCSc1nc(N)cc(N2CC[C@H](N3CCCCC3)C2)n1. The molecule has 0 amide bonds. The van der Waals surface area contributed by atoms with E-state index in [0.29, 0.717) is 11.9 Å². The summed E-state index contributed by atoms with van der Waals surface area (Å²) in [5.74, 6) is 2.67. The van der Waals surface area contributed by atoms with Gasteiger partial charge in [-0.2, -0.15) is 0 Å². The van der Waals surface area contributed by atoms with Crippen LogP contribution in [0.1, 0.15) is 45.4 Å². The van der Waals surface area contributed by atoms with Crippen molar-refractivity contribution >= 4 is 23.4 Å². The largest absolute Gasteiger partial charge is 0.383 e. The molecule has 2 aliphatic heterocycles. The molecule has 3 rings (SSSR count). The standard InChI is InChI=1S/C17H29N5S/c1-2-3-11-23-17-19-15(18)12-16(20-17)22-10-7-14(13-22)21-8-5-4-6-9-21/h12,14H,2-11,13H2,1H3,(H2,18,19,20)/t14-/m0/s1. The van der Waals surface area contributed by atoms with Gasteiger partial charge in [-0.1, -0.05) is 31.5 Å². The summed E-state index contributed by atoms with van der Waals surface area (Å²) in [5, 5.41) is 0.829. The molecule has 128 valence electrons. The van der Waals surface area contributed by atoms with Gasteiger partial charge in [-0.05, 0) is 38.8 Å². The summed E-state index contributed by atoms with van der Waals surface area (Å²) in [4.78, 5) is 14.2. The smallest absolute Gasteiger partial charge is 0.191 e. The summed E-state index contributed by atoms with van der Waals surface area (Å²) < 4.78 is 0. The van der Waals surface area contributed by atoms with Crippen molar-refractivity contribution in [2.75, 3.05) is 42.6 Å². The number of anilines is 2. The van der Waals surface area contributed by atoms with E-state index in [2.05, 4.69) is 21.7 Å². The van der Waals surface area contributed by atoms with Crippen LogP contribution in [-0.4, -0.2) is 52.8 Å². The van der Waals surface area contributed by atoms with Crippen LogP contribution in [0.15, 0.2) is 11.2 Å². The second-order valence-corrected chi connectivity index (χ2v) is 7.68. The minimum Gasteiger partial charge on any atom is -0.383 e. The summed E-state index contributed by atoms with van der Waals surface area (Å²) in [6.45, 7) is 6.90. The molecule has 0 saturated carbocycles. The van der Waals surface area contributed by atoms with Crippen molar-refractivity contribution in [3.8, 4) is 0 Å². The van der Waals surface area contributed by atoms with Crippen LogP contribution < -0.4 is 10.6 Å². The van der Waals surface area contributed by atoms with Gasteiger partial charge in [0.05, 0.1) is 0 Å². The zero-order valence-corrected chi connectivity index (χ0v) is 15.0. The van der Waals surface area contributed by atoms with Crippen molar-refractivity contribution in [1.82, 2.24) is 14.9 Å². The summed E-state index contributed by atoms with van der Waals surface area (Å²) in [6, 6.07) is 2.62. The average molecular weight is 336 g/mol. The highest BCUT2D eigenvalue weighted by Crippen LogP contribution is 2.26. The molecule has 0 bridgehead atoms. The first-order valence-corrected chi connectivity index (χ1v) is 10.0. The Balaban J connectivity index is 1.62. The number of likely N-dealkylation sites (tertiary alicyclic amines) is 1. The van der Waals surface area contributed by atoms with Crippen LogP contribution in [0.3, 0.4) is 0 Å². The molecule has 0 aliphatic carbocycles. The first-order chi connectivity index (χ1) is 11.3. The summed E-state index contributed by atoms with van der Waals surface area (Å²) >= 11 is 1.72. The lowest BCUT2D eigenvalue weighted by molar-refractivity contribution is 0.175. The van der Waals surface area contributed by atoms with Gasteiger partial charge in [0.2, 0.25) is 0 Å². The number of thioether (sulfide) groups is 1. The molecule has 0 aromatic carbocycles. The van der Waals surface area contributed by atoms with E-state index in [1.165, 1.54) is 51.6 Å². The monoisotopic (exact) mass is 335 g/mol. The minimum absolute atomic E-state index is 0.593. The lowest BCUT2D eigenvalue weighted by atomic mass is 10.1. The fraction of sp³-hybridized carbons (Fsp3) is 0.765. The normalized spacial score (nSPS) is 22.7. The molecule has 0 spiro atoms. The van der Waals surface area contributed by atoms with E-state index >= 15 is 0 Å². The topological polar surface area (TPSA) is 58.3 Å². The Morgan fingerprint density at radius 2 is 2.04 bits per heavy atom. The molecule has 1 aromatic rings. The fourth-order valence-corrected chi connectivity index (χ4v) is 4.44. The lowest BCUT2D eigenvalue weighted by Gasteiger charge is -2.32. The first-order valence-electron chi connectivity index (χ1n) is 9.02. The van der Waals surface area contributed by atoms with Gasteiger partial charge >= 0.3 is 0 Å². The molecular weight excluding hydrogens is 306 g/mol. The third-order valence-electron chi connectivity index (χ3n) is 4.84. The molecule has 6 heteroatoms. The number of nitrogen functional groups attached to an aromatic ring is 1. The molecule has 3 heterocycles. The number of hydrogen-bond donors (Lipinski definition) is 1. The van der Waals surface area contributed by atoms with Crippen molar-refractivity contribution in [2.24, 2.45) is 0 Å². The molecule has 1 aromatic heterocycles. The van der Waals surface area contributed by atoms with Crippen LogP contribution in [0.25, 0.3) is 0 Å². The number of rotatable bonds is 6. The van der Waals surface area contributed by atoms with E-state index in [-0.39, 0.29) is 0 Å². The molecule has 0 unspecified atom stereocenters. The van der Waals surface area contributed by atoms with Crippen molar-refractivity contribution in [2.45, 2.75) is 56.6 Å². The van der Waals surface area contributed by atoms with E-state index in [9.17, 15) is 0 Å². The zero-order valence-electron chi connectivity index (χ0n) is 14.2. The van der Waals surface area contributed by atoms with Gasteiger partial charge in [0.1, 0.15) is 11.6 Å². The third-order valence-corrected chi connectivity index (χ3v) is 5.77. The van der Waals surface area contributed by atoms with E-state index < -0.39 is 0 Å². The van der Waals surface area contributed by atoms with E-state index in [0.717, 1.165) is 29.8 Å². The molecular formula is C17H29N5S. The molecule has 2 N–H and O–H groups in total.